The van der Waals surface area contributed by atoms with Crippen LogP contribution in [-0.2, 0) is 7.05 Å². The Bertz CT molecular complexity index is 742. The summed E-state index contributed by atoms with van der Waals surface area (Å²) in [6.45, 7) is 0. The minimum absolute atomic E-state index is 0.0113. The number of aromatic amines is 1. The lowest BCUT2D eigenvalue weighted by molar-refractivity contribution is 0.870. The Balaban J connectivity index is 2.37. The van der Waals surface area contributed by atoms with Crippen LogP contribution in [0.25, 0.3) is 20.8 Å². The summed E-state index contributed by atoms with van der Waals surface area (Å²) in [7, 11) is 1.75. The second-order valence-corrected chi connectivity index (χ2v) is 5.59. The van der Waals surface area contributed by atoms with Crippen LogP contribution in [0.1, 0.15) is 0 Å². The maximum absolute atomic E-state index is 12.0. The molecule has 0 saturated carbocycles. The Kier molecular flexibility index (Phi) is 2.41. The molecule has 0 radical (unpaired) electrons. The number of imidazole rings is 1. The van der Waals surface area contributed by atoms with Crippen molar-refractivity contribution in [2.24, 2.45) is 7.05 Å². The molecule has 86 valence electrons. The fourth-order valence-electron chi connectivity index (χ4n) is 1.72. The van der Waals surface area contributed by atoms with Gasteiger partial charge in [-0.15, -0.1) is 11.3 Å². The predicted molar refractivity (Wildman–Crippen MR) is 72.3 cm³/mol. The zero-order valence-electron chi connectivity index (χ0n) is 8.90. The Labute approximate surface area is 109 Å². The summed E-state index contributed by atoms with van der Waals surface area (Å²) < 4.78 is 3.46. The van der Waals surface area contributed by atoms with Crippen LogP contribution in [0.4, 0.5) is 0 Å². The van der Waals surface area contributed by atoms with Crippen LogP contribution in [0.2, 0.25) is 0 Å². The summed E-state index contributed by atoms with van der Waals surface area (Å²) >= 11 is 5.03. The second-order valence-electron chi connectivity index (χ2n) is 3.68. The molecule has 3 heterocycles. The van der Waals surface area contributed by atoms with Crippen molar-refractivity contribution in [2.75, 3.05) is 0 Å². The molecule has 0 aliphatic rings. The number of pyridine rings is 1. The van der Waals surface area contributed by atoms with E-state index in [1.54, 1.807) is 41.5 Å². The standard InChI is InChI=1S/C11H8BrN3OS/c1-15-5-7(12)9-6(11(15)16)4-8(17-9)10-13-2-3-14-10/h2-5H,1H3,(H,13,14). The maximum Gasteiger partial charge on any atom is 0.259 e. The monoisotopic (exact) mass is 309 g/mol. The molecule has 3 aromatic heterocycles. The fraction of sp³-hybridized carbons (Fsp3) is 0.0909. The number of hydrogen-bond acceptors (Lipinski definition) is 3. The number of fused-ring (bicyclic) bond motifs is 1. The van der Waals surface area contributed by atoms with Gasteiger partial charge in [-0.2, -0.15) is 0 Å². The molecule has 6 heteroatoms. The Morgan fingerprint density at radius 3 is 3.06 bits per heavy atom. The molecule has 0 aliphatic heterocycles. The number of thiophene rings is 1. The number of aromatic nitrogens is 3. The van der Waals surface area contributed by atoms with Crippen molar-refractivity contribution >= 4 is 37.4 Å². The van der Waals surface area contributed by atoms with Gasteiger partial charge < -0.3 is 9.55 Å². The van der Waals surface area contributed by atoms with E-state index in [4.69, 9.17) is 0 Å². The average Bonchev–Trinajstić information content (AvgIpc) is 2.94. The highest BCUT2D eigenvalue weighted by molar-refractivity contribution is 9.10. The van der Waals surface area contributed by atoms with E-state index in [9.17, 15) is 4.79 Å². The summed E-state index contributed by atoms with van der Waals surface area (Å²) in [6, 6.07) is 1.88. The SMILES string of the molecule is Cn1cc(Br)c2sc(-c3ncc[nH]3)cc2c1=O. The number of aryl methyl sites for hydroxylation is 1. The van der Waals surface area contributed by atoms with Crippen LogP contribution >= 0.6 is 27.3 Å². The van der Waals surface area contributed by atoms with Gasteiger partial charge in [0.15, 0.2) is 0 Å². The molecule has 0 saturated heterocycles. The van der Waals surface area contributed by atoms with E-state index in [0.29, 0.717) is 0 Å². The lowest BCUT2D eigenvalue weighted by atomic mass is 10.3. The third-order valence-electron chi connectivity index (χ3n) is 2.54. The van der Waals surface area contributed by atoms with Crippen LogP contribution < -0.4 is 5.56 Å². The first-order valence-corrected chi connectivity index (χ1v) is 6.56. The first-order valence-electron chi connectivity index (χ1n) is 4.95. The molecular weight excluding hydrogens is 302 g/mol. The van der Waals surface area contributed by atoms with Crippen molar-refractivity contribution in [1.29, 1.82) is 0 Å². The van der Waals surface area contributed by atoms with Gasteiger partial charge in [-0.05, 0) is 22.0 Å². The summed E-state index contributed by atoms with van der Waals surface area (Å²) in [5.41, 5.74) is 0.0113. The van der Waals surface area contributed by atoms with Gasteiger partial charge in [-0.3, -0.25) is 4.79 Å². The summed E-state index contributed by atoms with van der Waals surface area (Å²) in [6.07, 6.45) is 5.26. The highest BCUT2D eigenvalue weighted by Crippen LogP contribution is 2.34. The topological polar surface area (TPSA) is 50.7 Å². The van der Waals surface area contributed by atoms with Gasteiger partial charge >= 0.3 is 0 Å². The van der Waals surface area contributed by atoms with Crippen LogP contribution in [-0.4, -0.2) is 14.5 Å². The molecule has 0 spiro atoms. The molecule has 0 amide bonds. The second kappa shape index (κ2) is 3.82. The molecule has 0 unspecified atom stereocenters. The third kappa shape index (κ3) is 1.64. The number of H-pyrrole nitrogens is 1. The van der Waals surface area contributed by atoms with Crippen molar-refractivity contribution < 1.29 is 0 Å². The van der Waals surface area contributed by atoms with Crippen molar-refractivity contribution in [1.82, 2.24) is 14.5 Å². The van der Waals surface area contributed by atoms with Gasteiger partial charge in [0.1, 0.15) is 5.82 Å². The fourth-order valence-corrected chi connectivity index (χ4v) is 3.50. The molecule has 1 N–H and O–H groups in total. The average molecular weight is 310 g/mol. The smallest absolute Gasteiger partial charge is 0.259 e. The van der Waals surface area contributed by atoms with Crippen molar-refractivity contribution in [3.05, 3.63) is 39.5 Å². The first kappa shape index (κ1) is 10.7. The van der Waals surface area contributed by atoms with Crippen molar-refractivity contribution in [3.63, 3.8) is 0 Å². The summed E-state index contributed by atoms with van der Waals surface area (Å²) in [5, 5.41) is 0.721. The lowest BCUT2D eigenvalue weighted by Crippen LogP contribution is -2.14. The Hall–Kier alpha value is -1.40. The van der Waals surface area contributed by atoms with Crippen LogP contribution in [0, 0.1) is 0 Å². The zero-order chi connectivity index (χ0) is 12.0. The van der Waals surface area contributed by atoms with Gasteiger partial charge in [0.25, 0.3) is 5.56 Å². The van der Waals surface area contributed by atoms with Crippen LogP contribution in [0.15, 0.2) is 33.9 Å². The van der Waals surface area contributed by atoms with E-state index in [2.05, 4.69) is 25.9 Å². The minimum atomic E-state index is 0.0113. The van der Waals surface area contributed by atoms with E-state index < -0.39 is 0 Å². The highest BCUT2D eigenvalue weighted by Gasteiger charge is 2.12. The molecule has 3 aromatic rings. The Morgan fingerprint density at radius 2 is 2.35 bits per heavy atom. The molecule has 0 atom stereocenters. The third-order valence-corrected chi connectivity index (χ3v) is 4.58. The predicted octanol–water partition coefficient (Wildman–Crippen LogP) is 2.75. The molecule has 0 aliphatic carbocycles. The molecule has 0 bridgehead atoms. The summed E-state index contributed by atoms with van der Waals surface area (Å²) in [4.78, 5) is 20.2. The van der Waals surface area contributed by atoms with Crippen molar-refractivity contribution in [3.8, 4) is 10.7 Å². The highest BCUT2D eigenvalue weighted by atomic mass is 79.9. The number of nitrogens with one attached hydrogen (secondary N) is 1. The molecule has 3 rings (SSSR count). The zero-order valence-corrected chi connectivity index (χ0v) is 11.3. The van der Waals surface area contributed by atoms with Gasteiger partial charge in [-0.25, -0.2) is 4.98 Å². The van der Waals surface area contributed by atoms with Crippen LogP contribution in [0.3, 0.4) is 0 Å². The molecule has 17 heavy (non-hydrogen) atoms. The minimum Gasteiger partial charge on any atom is -0.344 e. The largest absolute Gasteiger partial charge is 0.344 e. The number of halogens is 1. The lowest BCUT2D eigenvalue weighted by Gasteiger charge is -1.98. The molecule has 0 aromatic carbocycles. The van der Waals surface area contributed by atoms with Gasteiger partial charge in [0.05, 0.1) is 19.4 Å². The molecule has 0 fully saturated rings. The first-order chi connectivity index (χ1) is 8.16. The quantitative estimate of drug-likeness (QED) is 0.751. The van der Waals surface area contributed by atoms with E-state index in [1.807, 2.05) is 6.07 Å². The summed E-state index contributed by atoms with van der Waals surface area (Å²) in [5.74, 6) is 0.792. The van der Waals surface area contributed by atoms with E-state index in [-0.39, 0.29) is 5.56 Å². The van der Waals surface area contributed by atoms with Gasteiger partial charge in [0.2, 0.25) is 0 Å². The van der Waals surface area contributed by atoms with Crippen LogP contribution in [0.5, 0.6) is 0 Å². The van der Waals surface area contributed by atoms with E-state index in [0.717, 1.165) is 25.3 Å². The number of hydrogen-bond donors (Lipinski definition) is 1. The van der Waals surface area contributed by atoms with E-state index >= 15 is 0 Å². The molecule has 4 nitrogen and oxygen atoms in total. The number of rotatable bonds is 1. The molecular formula is C11H8BrN3OS. The number of nitrogens with zero attached hydrogens (tertiary/aromatic N) is 2. The van der Waals surface area contributed by atoms with E-state index in [1.165, 1.54) is 0 Å². The van der Waals surface area contributed by atoms with Crippen molar-refractivity contribution in [2.45, 2.75) is 0 Å². The van der Waals surface area contributed by atoms with Gasteiger partial charge in [0, 0.05) is 25.6 Å². The van der Waals surface area contributed by atoms with Gasteiger partial charge in [-0.1, -0.05) is 0 Å². The normalized spacial score (nSPS) is 11.2. The maximum atomic E-state index is 12.0. The Morgan fingerprint density at radius 1 is 1.53 bits per heavy atom.